The Morgan fingerprint density at radius 3 is 3.16 bits per heavy atom. The van der Waals surface area contributed by atoms with Crippen molar-refractivity contribution in [2.45, 2.75) is 43.4 Å². The van der Waals surface area contributed by atoms with Gasteiger partial charge in [0.2, 0.25) is 0 Å². The number of alkyl halides is 1. The van der Waals surface area contributed by atoms with E-state index in [1.807, 2.05) is 18.3 Å². The monoisotopic (exact) mass is 295 g/mol. The lowest BCUT2D eigenvalue weighted by Gasteiger charge is -2.22. The van der Waals surface area contributed by atoms with Crippen LogP contribution in [0.3, 0.4) is 0 Å². The van der Waals surface area contributed by atoms with Gasteiger partial charge in [0.25, 0.3) is 0 Å². The van der Waals surface area contributed by atoms with Crippen LogP contribution in [0, 0.1) is 0 Å². The highest BCUT2D eigenvalue weighted by atomic mass is 35.5. The second-order valence-corrected chi connectivity index (χ2v) is 6.65. The first kappa shape index (κ1) is 13.3. The summed E-state index contributed by atoms with van der Waals surface area (Å²) in [6.45, 7) is 2.23. The zero-order valence-corrected chi connectivity index (χ0v) is 12.6. The van der Waals surface area contributed by atoms with Crippen molar-refractivity contribution in [3.05, 3.63) is 24.2 Å². The number of hydrogen-bond acceptors (Lipinski definition) is 3. The molecule has 3 rings (SSSR count). The maximum absolute atomic E-state index is 6.09. The molecule has 0 saturated heterocycles. The van der Waals surface area contributed by atoms with E-state index in [0.717, 1.165) is 22.7 Å². The van der Waals surface area contributed by atoms with Crippen molar-refractivity contribution in [2.24, 2.45) is 0 Å². The Morgan fingerprint density at radius 2 is 2.37 bits per heavy atom. The zero-order valence-electron chi connectivity index (χ0n) is 11.1. The minimum Gasteiger partial charge on any atom is -0.307 e. The Labute approximate surface area is 122 Å². The third-order valence-corrected chi connectivity index (χ3v) is 5.32. The van der Waals surface area contributed by atoms with E-state index in [0.29, 0.717) is 17.2 Å². The van der Waals surface area contributed by atoms with E-state index in [1.54, 1.807) is 0 Å². The van der Waals surface area contributed by atoms with E-state index >= 15 is 0 Å². The molecule has 1 aliphatic rings. The summed E-state index contributed by atoms with van der Waals surface area (Å²) in [6.07, 6.45) is 5.63. The molecule has 0 spiro atoms. The smallest absolute Gasteiger partial charge is 0.160 e. The van der Waals surface area contributed by atoms with Gasteiger partial charge in [-0.05, 0) is 30.7 Å². The van der Waals surface area contributed by atoms with Crippen LogP contribution in [-0.4, -0.2) is 25.5 Å². The van der Waals surface area contributed by atoms with Crippen LogP contribution in [0.15, 0.2) is 18.3 Å². The minimum absolute atomic E-state index is 0.455. The highest BCUT2D eigenvalue weighted by Crippen LogP contribution is 2.40. The van der Waals surface area contributed by atoms with Crippen molar-refractivity contribution < 1.29 is 0 Å². The fourth-order valence-corrected chi connectivity index (χ4v) is 4.46. The van der Waals surface area contributed by atoms with Crippen LogP contribution in [-0.2, 0) is 5.88 Å². The van der Waals surface area contributed by atoms with Crippen molar-refractivity contribution >= 4 is 34.5 Å². The molecule has 2 atom stereocenters. The first-order valence-electron chi connectivity index (χ1n) is 6.84. The largest absolute Gasteiger partial charge is 0.307 e. The van der Waals surface area contributed by atoms with Gasteiger partial charge in [0, 0.05) is 17.5 Å². The summed E-state index contributed by atoms with van der Waals surface area (Å²) in [5.74, 6) is 2.58. The molecule has 0 radical (unpaired) electrons. The molecule has 0 aliphatic heterocycles. The van der Waals surface area contributed by atoms with Gasteiger partial charge in [0.1, 0.15) is 11.3 Å². The van der Waals surface area contributed by atoms with Gasteiger partial charge in [-0.1, -0.05) is 13.3 Å². The molecule has 0 aromatic carbocycles. The molecule has 1 saturated carbocycles. The number of imidazole rings is 1. The van der Waals surface area contributed by atoms with Gasteiger partial charge < -0.3 is 4.57 Å². The topological polar surface area (TPSA) is 30.7 Å². The number of pyridine rings is 1. The van der Waals surface area contributed by atoms with Crippen LogP contribution in [0.5, 0.6) is 0 Å². The molecule has 1 fully saturated rings. The molecule has 2 unspecified atom stereocenters. The number of fused-ring (bicyclic) bond motifs is 1. The Balaban J connectivity index is 2.07. The quantitative estimate of drug-likeness (QED) is 0.798. The van der Waals surface area contributed by atoms with Gasteiger partial charge in [-0.3, -0.25) is 0 Å². The van der Waals surface area contributed by atoms with Crippen LogP contribution < -0.4 is 0 Å². The van der Waals surface area contributed by atoms with Gasteiger partial charge in [-0.25, -0.2) is 9.97 Å². The van der Waals surface area contributed by atoms with Gasteiger partial charge in [-0.2, -0.15) is 11.8 Å². The molecule has 0 N–H and O–H groups in total. The Morgan fingerprint density at radius 1 is 1.47 bits per heavy atom. The van der Waals surface area contributed by atoms with E-state index in [4.69, 9.17) is 11.6 Å². The number of aromatic nitrogens is 3. The molecule has 0 bridgehead atoms. The molecule has 2 heterocycles. The van der Waals surface area contributed by atoms with Crippen molar-refractivity contribution in [3.63, 3.8) is 0 Å². The molecule has 2 aromatic rings. The first-order chi connectivity index (χ1) is 9.35. The number of nitrogens with zero attached hydrogens (tertiary/aromatic N) is 3. The fraction of sp³-hybridized carbons (Fsp3) is 0.571. The molecule has 19 heavy (non-hydrogen) atoms. The van der Waals surface area contributed by atoms with E-state index in [2.05, 4.69) is 33.2 Å². The molecule has 3 nitrogen and oxygen atoms in total. The van der Waals surface area contributed by atoms with E-state index in [9.17, 15) is 0 Å². The lowest BCUT2D eigenvalue weighted by Crippen LogP contribution is -2.18. The van der Waals surface area contributed by atoms with Crippen molar-refractivity contribution in [2.75, 3.05) is 5.75 Å². The maximum atomic E-state index is 6.09. The molecule has 5 heteroatoms. The highest BCUT2D eigenvalue weighted by Gasteiger charge is 2.31. The summed E-state index contributed by atoms with van der Waals surface area (Å²) in [4.78, 5) is 9.15. The van der Waals surface area contributed by atoms with Gasteiger partial charge in [-0.15, -0.1) is 11.6 Å². The second kappa shape index (κ2) is 5.71. The lowest BCUT2D eigenvalue weighted by atomic mass is 10.2. The molecule has 102 valence electrons. The summed E-state index contributed by atoms with van der Waals surface area (Å²) in [5, 5.41) is 0.673. The van der Waals surface area contributed by atoms with Crippen LogP contribution in [0.1, 0.15) is 38.1 Å². The Bertz CT molecular complexity index is 569. The fourth-order valence-electron chi connectivity index (χ4n) is 3.03. The lowest BCUT2D eigenvalue weighted by molar-refractivity contribution is 0.524. The number of hydrogen-bond donors (Lipinski definition) is 0. The first-order valence-corrected chi connectivity index (χ1v) is 8.43. The third kappa shape index (κ3) is 2.36. The zero-order chi connectivity index (χ0) is 13.2. The number of rotatable bonds is 4. The van der Waals surface area contributed by atoms with Crippen LogP contribution in [0.2, 0.25) is 0 Å². The SMILES string of the molecule is CCSC1CCCC1n1c(CCl)nc2cccnc21. The predicted octanol–water partition coefficient (Wildman–Crippen LogP) is 4.02. The van der Waals surface area contributed by atoms with Crippen LogP contribution in [0.4, 0.5) is 0 Å². The summed E-state index contributed by atoms with van der Waals surface area (Å²) in [5.41, 5.74) is 1.96. The summed E-state index contributed by atoms with van der Waals surface area (Å²) < 4.78 is 2.29. The normalized spacial score (nSPS) is 23.3. The van der Waals surface area contributed by atoms with Crippen molar-refractivity contribution in [1.82, 2.24) is 14.5 Å². The summed E-state index contributed by atoms with van der Waals surface area (Å²) in [7, 11) is 0. The predicted molar refractivity (Wildman–Crippen MR) is 81.9 cm³/mol. The standard InChI is InChI=1S/C14H18ClN3S/c1-2-19-12-7-3-6-11(12)18-13(9-15)17-10-5-4-8-16-14(10)18/h4-5,8,11-12H,2-3,6-7,9H2,1H3. The third-order valence-electron chi connectivity index (χ3n) is 3.77. The van der Waals surface area contributed by atoms with E-state index < -0.39 is 0 Å². The van der Waals surface area contributed by atoms with Crippen LogP contribution in [0.25, 0.3) is 11.2 Å². The van der Waals surface area contributed by atoms with Gasteiger partial charge in [0.15, 0.2) is 5.65 Å². The summed E-state index contributed by atoms with van der Waals surface area (Å²) in [6, 6.07) is 4.45. The average Bonchev–Trinajstić information content (AvgIpc) is 3.02. The second-order valence-electron chi connectivity index (χ2n) is 4.87. The van der Waals surface area contributed by atoms with E-state index in [1.165, 1.54) is 19.3 Å². The number of thioether (sulfide) groups is 1. The Hall–Kier alpha value is -0.740. The van der Waals surface area contributed by atoms with Gasteiger partial charge >= 0.3 is 0 Å². The minimum atomic E-state index is 0.455. The van der Waals surface area contributed by atoms with Crippen molar-refractivity contribution in [3.8, 4) is 0 Å². The van der Waals surface area contributed by atoms with E-state index in [-0.39, 0.29) is 0 Å². The highest BCUT2D eigenvalue weighted by molar-refractivity contribution is 7.99. The van der Waals surface area contributed by atoms with Crippen molar-refractivity contribution in [1.29, 1.82) is 0 Å². The molecule has 0 amide bonds. The van der Waals surface area contributed by atoms with Gasteiger partial charge in [0.05, 0.1) is 5.88 Å². The number of halogens is 1. The molecular weight excluding hydrogens is 278 g/mol. The van der Waals surface area contributed by atoms with Crippen LogP contribution >= 0.6 is 23.4 Å². The molecule has 2 aromatic heterocycles. The maximum Gasteiger partial charge on any atom is 0.160 e. The molecular formula is C14H18ClN3S. The summed E-state index contributed by atoms with van der Waals surface area (Å²) >= 11 is 8.14. The Kier molecular flexibility index (Phi) is 3.99. The molecule has 1 aliphatic carbocycles. The average molecular weight is 296 g/mol.